The van der Waals surface area contributed by atoms with Crippen LogP contribution in [-0.4, -0.2) is 55.0 Å². The highest BCUT2D eigenvalue weighted by Gasteiger charge is 2.39. The van der Waals surface area contributed by atoms with Crippen molar-refractivity contribution < 1.29 is 23.5 Å². The van der Waals surface area contributed by atoms with Gasteiger partial charge in [-0.3, -0.25) is 9.59 Å². The van der Waals surface area contributed by atoms with Crippen LogP contribution >= 0.6 is 11.6 Å². The Morgan fingerprint density at radius 3 is 2.18 bits per heavy atom. The van der Waals surface area contributed by atoms with Gasteiger partial charge in [0.05, 0.1) is 6.61 Å². The highest BCUT2D eigenvalue weighted by molar-refractivity contribution is 6.30. The van der Waals surface area contributed by atoms with E-state index >= 15 is 0 Å². The number of rotatable bonds is 10. The number of hydrogen-bond donors (Lipinski definition) is 0. The summed E-state index contributed by atoms with van der Waals surface area (Å²) < 4.78 is 25.0. The Kier molecular flexibility index (Phi) is 9.24. The van der Waals surface area contributed by atoms with Crippen LogP contribution in [0.2, 0.25) is 5.02 Å². The number of carbonyl (C=O) groups is 2. The lowest BCUT2D eigenvalue weighted by molar-refractivity contribution is -0.138. The average molecular weight is 539 g/mol. The maximum absolute atomic E-state index is 13.3. The van der Waals surface area contributed by atoms with Gasteiger partial charge in [0, 0.05) is 43.5 Å². The Bertz CT molecular complexity index is 1200. The third kappa shape index (κ3) is 7.71. The number of hydrogen-bond acceptors (Lipinski definition) is 4. The van der Waals surface area contributed by atoms with Crippen molar-refractivity contribution in [1.29, 1.82) is 0 Å². The molecule has 0 saturated carbocycles. The zero-order chi connectivity index (χ0) is 27.0. The molecule has 0 atom stereocenters. The first-order valence-corrected chi connectivity index (χ1v) is 13.0. The van der Waals surface area contributed by atoms with E-state index in [9.17, 15) is 14.0 Å². The van der Waals surface area contributed by atoms with Crippen LogP contribution in [0.4, 0.5) is 4.39 Å². The lowest BCUT2D eigenvalue weighted by Crippen LogP contribution is -2.48. The molecule has 0 N–H and O–H groups in total. The molecule has 0 unspecified atom stereocenters. The van der Waals surface area contributed by atoms with Crippen LogP contribution in [0.25, 0.3) is 0 Å². The van der Waals surface area contributed by atoms with E-state index in [4.69, 9.17) is 21.1 Å². The second-order valence-corrected chi connectivity index (χ2v) is 10.2. The number of amides is 2. The van der Waals surface area contributed by atoms with Gasteiger partial charge < -0.3 is 19.3 Å². The van der Waals surface area contributed by atoms with E-state index in [0.29, 0.717) is 62.0 Å². The van der Waals surface area contributed by atoms with Crippen molar-refractivity contribution in [3.05, 3.63) is 95.3 Å². The Morgan fingerprint density at radius 1 is 0.921 bits per heavy atom. The van der Waals surface area contributed by atoms with Crippen LogP contribution in [-0.2, 0) is 16.1 Å². The van der Waals surface area contributed by atoms with Gasteiger partial charge in [-0.2, -0.15) is 0 Å². The van der Waals surface area contributed by atoms with Gasteiger partial charge >= 0.3 is 0 Å². The number of likely N-dealkylation sites (tertiary alicyclic amines) is 1. The van der Waals surface area contributed by atoms with Crippen molar-refractivity contribution in [3.8, 4) is 11.5 Å². The molecule has 3 aromatic carbocycles. The van der Waals surface area contributed by atoms with Crippen LogP contribution < -0.4 is 9.47 Å². The highest BCUT2D eigenvalue weighted by Crippen LogP contribution is 2.37. The molecule has 1 saturated heterocycles. The van der Waals surface area contributed by atoms with Crippen molar-refractivity contribution in [1.82, 2.24) is 9.80 Å². The van der Waals surface area contributed by atoms with Gasteiger partial charge in [0.1, 0.15) is 17.3 Å². The molecule has 0 radical (unpaired) electrons. The second-order valence-electron chi connectivity index (χ2n) is 9.78. The molecule has 1 fully saturated rings. The summed E-state index contributed by atoms with van der Waals surface area (Å²) in [6, 6.07) is 22.6. The molecule has 0 spiro atoms. The predicted molar refractivity (Wildman–Crippen MR) is 145 cm³/mol. The largest absolute Gasteiger partial charge is 0.493 e. The minimum atomic E-state index is -0.454. The summed E-state index contributed by atoms with van der Waals surface area (Å²) >= 11 is 5.91. The molecule has 6 nitrogen and oxygen atoms in total. The zero-order valence-electron chi connectivity index (χ0n) is 21.4. The van der Waals surface area contributed by atoms with Crippen molar-refractivity contribution in [2.75, 3.05) is 33.4 Å². The third-order valence-corrected chi connectivity index (χ3v) is 7.18. The van der Waals surface area contributed by atoms with Crippen molar-refractivity contribution >= 4 is 23.4 Å². The first-order chi connectivity index (χ1) is 18.3. The van der Waals surface area contributed by atoms with Crippen molar-refractivity contribution in [2.45, 2.75) is 25.8 Å². The van der Waals surface area contributed by atoms with E-state index in [-0.39, 0.29) is 24.2 Å². The highest BCUT2D eigenvalue weighted by atomic mass is 35.5. The molecule has 1 aliphatic rings. The second kappa shape index (κ2) is 12.8. The first kappa shape index (κ1) is 27.5. The number of nitrogens with zero attached hydrogens (tertiary/aromatic N) is 2. The van der Waals surface area contributed by atoms with E-state index in [0.717, 1.165) is 5.56 Å². The summed E-state index contributed by atoms with van der Waals surface area (Å²) in [4.78, 5) is 29.6. The quantitative estimate of drug-likeness (QED) is 0.337. The molecule has 1 aliphatic heterocycles. The molecule has 38 heavy (non-hydrogen) atoms. The monoisotopic (exact) mass is 538 g/mol. The molecular weight excluding hydrogens is 507 g/mol. The molecule has 1 heterocycles. The third-order valence-electron chi connectivity index (χ3n) is 6.93. The van der Waals surface area contributed by atoms with Crippen molar-refractivity contribution in [3.63, 3.8) is 0 Å². The maximum atomic E-state index is 13.3. The fourth-order valence-electron chi connectivity index (χ4n) is 4.54. The number of carbonyl (C=O) groups excluding carboxylic acids is 2. The summed E-state index contributed by atoms with van der Waals surface area (Å²) in [5.41, 5.74) is 0.602. The van der Waals surface area contributed by atoms with E-state index in [1.807, 2.05) is 30.3 Å². The topological polar surface area (TPSA) is 59.1 Å². The standard InChI is InChI=1S/C30H32ClFN2O4/c1-33(20-23-5-3-2-4-6-23)28(35)19-30(22-38-27-13-9-25(32)10-14-27)15-17-34(18-16-30)29(36)21-37-26-11-7-24(31)8-12-26/h2-14H,15-22H2,1H3. The molecule has 4 rings (SSSR count). The fraction of sp³-hybridized carbons (Fsp3) is 0.333. The van der Waals surface area contributed by atoms with Crippen LogP contribution in [0, 0.1) is 11.2 Å². The minimum absolute atomic E-state index is 0.0161. The van der Waals surface area contributed by atoms with E-state index in [1.54, 1.807) is 53.2 Å². The summed E-state index contributed by atoms with van der Waals surface area (Å²) in [5.74, 6) is 0.694. The smallest absolute Gasteiger partial charge is 0.260 e. The average Bonchev–Trinajstić information content (AvgIpc) is 2.93. The molecule has 8 heteroatoms. The normalized spacial score (nSPS) is 14.6. The van der Waals surface area contributed by atoms with Gasteiger partial charge in [-0.15, -0.1) is 0 Å². The number of halogens is 2. The molecule has 200 valence electrons. The van der Waals surface area contributed by atoms with E-state index in [1.165, 1.54) is 12.1 Å². The summed E-state index contributed by atoms with van der Waals surface area (Å²) in [6.45, 7) is 1.73. The Hall–Kier alpha value is -3.58. The fourth-order valence-corrected chi connectivity index (χ4v) is 4.66. The summed E-state index contributed by atoms with van der Waals surface area (Å²) in [5, 5.41) is 0.600. The van der Waals surface area contributed by atoms with E-state index in [2.05, 4.69) is 0 Å². The summed E-state index contributed by atoms with van der Waals surface area (Å²) in [7, 11) is 1.80. The predicted octanol–water partition coefficient (Wildman–Crippen LogP) is 5.59. The van der Waals surface area contributed by atoms with Gasteiger partial charge in [0.2, 0.25) is 5.91 Å². The lowest BCUT2D eigenvalue weighted by Gasteiger charge is -2.41. The number of benzene rings is 3. The maximum Gasteiger partial charge on any atom is 0.260 e. The van der Waals surface area contributed by atoms with Crippen LogP contribution in [0.3, 0.4) is 0 Å². The number of ether oxygens (including phenoxy) is 2. The van der Waals surface area contributed by atoms with Gasteiger partial charge in [-0.1, -0.05) is 41.9 Å². The summed E-state index contributed by atoms with van der Waals surface area (Å²) in [6.07, 6.45) is 1.50. The van der Waals surface area contributed by atoms with Gasteiger partial charge in [0.15, 0.2) is 6.61 Å². The Morgan fingerprint density at radius 2 is 1.53 bits per heavy atom. The minimum Gasteiger partial charge on any atom is -0.493 e. The van der Waals surface area contributed by atoms with Gasteiger partial charge in [-0.05, 0) is 66.9 Å². The van der Waals surface area contributed by atoms with Crippen LogP contribution in [0.1, 0.15) is 24.8 Å². The molecular formula is C30H32ClFN2O4. The van der Waals surface area contributed by atoms with Gasteiger partial charge in [-0.25, -0.2) is 4.39 Å². The molecule has 0 bridgehead atoms. The number of piperidine rings is 1. The Balaban J connectivity index is 1.38. The zero-order valence-corrected chi connectivity index (χ0v) is 22.2. The van der Waals surface area contributed by atoms with Crippen LogP contribution in [0.5, 0.6) is 11.5 Å². The molecule has 0 aliphatic carbocycles. The van der Waals surface area contributed by atoms with Crippen molar-refractivity contribution in [2.24, 2.45) is 5.41 Å². The molecule has 0 aromatic heterocycles. The van der Waals surface area contributed by atoms with E-state index < -0.39 is 5.41 Å². The van der Waals surface area contributed by atoms with Gasteiger partial charge in [0.25, 0.3) is 5.91 Å². The SMILES string of the molecule is CN(Cc1ccccc1)C(=O)CC1(COc2ccc(F)cc2)CCN(C(=O)COc2ccc(Cl)cc2)CC1. The first-order valence-electron chi connectivity index (χ1n) is 12.6. The molecule has 3 aromatic rings. The Labute approximate surface area is 227 Å². The molecule has 2 amide bonds. The van der Waals surface area contributed by atoms with Crippen LogP contribution in [0.15, 0.2) is 78.9 Å². The lowest BCUT2D eigenvalue weighted by atomic mass is 9.75.